The number of carbonyl (C=O) groups excluding carboxylic acids is 2. The van der Waals surface area contributed by atoms with E-state index in [1.54, 1.807) is 0 Å². The number of hydrogen-bond acceptors (Lipinski definition) is 4. The van der Waals surface area contributed by atoms with Crippen LogP contribution in [0.2, 0.25) is 0 Å². The Morgan fingerprint density at radius 1 is 1.11 bits per heavy atom. The Hall–Kier alpha value is -2.04. The highest BCUT2D eigenvalue weighted by molar-refractivity contribution is 5.81. The van der Waals surface area contributed by atoms with Crippen LogP contribution in [0.3, 0.4) is 0 Å². The third-order valence-electron chi connectivity index (χ3n) is 6.52. The van der Waals surface area contributed by atoms with Crippen molar-refractivity contribution in [3.05, 3.63) is 29.3 Å². The number of nitrogens with zero attached hydrogens (tertiary/aromatic N) is 1. The maximum absolute atomic E-state index is 12.7. The molecule has 1 aromatic rings. The number of fused-ring (bicyclic) bond motifs is 3. The summed E-state index contributed by atoms with van der Waals surface area (Å²) in [4.78, 5) is 26.6. The van der Waals surface area contributed by atoms with E-state index in [1.165, 1.54) is 17.5 Å². The lowest BCUT2D eigenvalue weighted by Crippen LogP contribution is -2.40. The van der Waals surface area contributed by atoms with Gasteiger partial charge in [-0.3, -0.25) is 4.79 Å². The number of hydrogen-bond donors (Lipinski definition) is 0. The average Bonchev–Trinajstić information content (AvgIpc) is 3.18. The summed E-state index contributed by atoms with van der Waals surface area (Å²) in [6, 6.07) is 6.24. The lowest BCUT2D eigenvalue weighted by molar-refractivity contribution is -0.154. The highest BCUT2D eigenvalue weighted by atomic mass is 16.6. The van der Waals surface area contributed by atoms with Gasteiger partial charge in [0.15, 0.2) is 13.2 Å². The van der Waals surface area contributed by atoms with E-state index in [0.29, 0.717) is 5.75 Å². The Morgan fingerprint density at radius 2 is 1.89 bits per heavy atom. The van der Waals surface area contributed by atoms with Gasteiger partial charge in [-0.1, -0.05) is 26.8 Å². The van der Waals surface area contributed by atoms with Crippen molar-refractivity contribution in [3.63, 3.8) is 0 Å². The number of carbonyl (C=O) groups is 2. The highest BCUT2D eigenvalue weighted by Crippen LogP contribution is 2.52. The van der Waals surface area contributed by atoms with Crippen LogP contribution in [0.4, 0.5) is 0 Å². The number of ether oxygens (including phenoxy) is 2. The molecule has 0 radical (unpaired) electrons. The van der Waals surface area contributed by atoms with Crippen molar-refractivity contribution in [2.75, 3.05) is 19.8 Å². The molecule has 0 spiro atoms. The first-order valence-electron chi connectivity index (χ1n) is 10.4. The minimum Gasteiger partial charge on any atom is -0.482 e. The SMILES string of the molecule is CC1(C)C[C@H]2C[C@](C)(CN2C(=O)COC(=O)COc2ccc3c(c2)CCC3)C1. The van der Waals surface area contributed by atoms with Crippen LogP contribution in [0, 0.1) is 10.8 Å². The molecule has 1 heterocycles. The lowest BCUT2D eigenvalue weighted by Gasteiger charge is -2.39. The molecule has 1 aromatic carbocycles. The molecule has 2 bridgehead atoms. The molecule has 0 unspecified atom stereocenters. The van der Waals surface area contributed by atoms with Gasteiger partial charge >= 0.3 is 5.97 Å². The van der Waals surface area contributed by atoms with E-state index in [1.807, 2.05) is 17.0 Å². The molecule has 1 aliphatic heterocycles. The van der Waals surface area contributed by atoms with Crippen LogP contribution >= 0.6 is 0 Å². The van der Waals surface area contributed by atoms with E-state index in [-0.39, 0.29) is 36.0 Å². The second-order valence-corrected chi connectivity index (χ2v) is 9.97. The fourth-order valence-electron chi connectivity index (χ4n) is 5.80. The van der Waals surface area contributed by atoms with Gasteiger partial charge in [0, 0.05) is 12.6 Å². The molecule has 0 aromatic heterocycles. The normalized spacial score (nSPS) is 27.4. The van der Waals surface area contributed by atoms with Crippen molar-refractivity contribution < 1.29 is 19.1 Å². The molecule has 2 fully saturated rings. The van der Waals surface area contributed by atoms with Crippen LogP contribution in [0.5, 0.6) is 5.75 Å². The van der Waals surface area contributed by atoms with Crippen LogP contribution in [0.15, 0.2) is 18.2 Å². The minimum absolute atomic E-state index is 0.0858. The van der Waals surface area contributed by atoms with Crippen LogP contribution in [-0.4, -0.2) is 42.6 Å². The van der Waals surface area contributed by atoms with Crippen LogP contribution in [-0.2, 0) is 27.2 Å². The molecule has 1 amide bonds. The van der Waals surface area contributed by atoms with Crippen LogP contribution in [0.1, 0.15) is 57.6 Å². The summed E-state index contributed by atoms with van der Waals surface area (Å²) in [5.74, 6) is 0.104. The molecule has 2 atom stereocenters. The Kier molecular flexibility index (Phi) is 4.88. The van der Waals surface area contributed by atoms with Crippen molar-refractivity contribution in [2.45, 2.75) is 65.3 Å². The first-order chi connectivity index (χ1) is 13.2. The monoisotopic (exact) mass is 385 g/mol. The van der Waals surface area contributed by atoms with E-state index < -0.39 is 5.97 Å². The number of aryl methyl sites for hydroxylation is 2. The van der Waals surface area contributed by atoms with Crippen molar-refractivity contribution >= 4 is 11.9 Å². The topological polar surface area (TPSA) is 55.8 Å². The number of rotatable bonds is 5. The summed E-state index contributed by atoms with van der Waals surface area (Å²) in [7, 11) is 0. The Balaban J connectivity index is 1.25. The van der Waals surface area contributed by atoms with Crippen LogP contribution in [0.25, 0.3) is 0 Å². The predicted octanol–water partition coefficient (Wildman–Crippen LogP) is 3.52. The van der Waals surface area contributed by atoms with Gasteiger partial charge in [-0.15, -0.1) is 0 Å². The maximum atomic E-state index is 12.7. The lowest BCUT2D eigenvalue weighted by atomic mass is 9.65. The molecule has 1 saturated heterocycles. The zero-order valence-electron chi connectivity index (χ0n) is 17.3. The Morgan fingerprint density at radius 3 is 2.71 bits per heavy atom. The highest BCUT2D eigenvalue weighted by Gasteiger charge is 2.50. The number of benzene rings is 1. The van der Waals surface area contributed by atoms with Crippen LogP contribution < -0.4 is 4.74 Å². The first kappa shape index (κ1) is 19.3. The van der Waals surface area contributed by atoms with E-state index >= 15 is 0 Å². The summed E-state index contributed by atoms with van der Waals surface area (Å²) in [6.07, 6.45) is 6.57. The first-order valence-corrected chi connectivity index (χ1v) is 10.4. The molecule has 5 nitrogen and oxygen atoms in total. The summed E-state index contributed by atoms with van der Waals surface area (Å²) in [5, 5.41) is 0. The average molecular weight is 386 g/mol. The second kappa shape index (κ2) is 7.09. The van der Waals surface area contributed by atoms with E-state index in [0.717, 1.165) is 38.6 Å². The predicted molar refractivity (Wildman–Crippen MR) is 106 cm³/mol. The largest absolute Gasteiger partial charge is 0.482 e. The van der Waals surface area contributed by atoms with E-state index in [9.17, 15) is 9.59 Å². The van der Waals surface area contributed by atoms with Gasteiger partial charge in [0.1, 0.15) is 5.75 Å². The molecule has 152 valence electrons. The molecule has 1 saturated carbocycles. The van der Waals surface area contributed by atoms with Gasteiger partial charge in [0.25, 0.3) is 5.91 Å². The molecular weight excluding hydrogens is 354 g/mol. The van der Waals surface area contributed by atoms with Gasteiger partial charge in [0.2, 0.25) is 0 Å². The van der Waals surface area contributed by atoms with E-state index in [2.05, 4.69) is 26.8 Å². The molecule has 0 N–H and O–H groups in total. The zero-order valence-corrected chi connectivity index (χ0v) is 17.3. The fourth-order valence-corrected chi connectivity index (χ4v) is 5.80. The van der Waals surface area contributed by atoms with E-state index in [4.69, 9.17) is 9.47 Å². The molecule has 2 aliphatic carbocycles. The quantitative estimate of drug-likeness (QED) is 0.728. The summed E-state index contributed by atoms with van der Waals surface area (Å²) in [6.45, 7) is 7.23. The summed E-state index contributed by atoms with van der Waals surface area (Å²) >= 11 is 0. The number of amides is 1. The number of likely N-dealkylation sites (tertiary alicyclic amines) is 1. The molecule has 3 aliphatic rings. The van der Waals surface area contributed by atoms with Crippen molar-refractivity contribution in [1.29, 1.82) is 0 Å². The Labute approximate surface area is 167 Å². The Bertz CT molecular complexity index is 787. The van der Waals surface area contributed by atoms with Gasteiger partial charge in [-0.25, -0.2) is 4.79 Å². The maximum Gasteiger partial charge on any atom is 0.344 e. The second-order valence-electron chi connectivity index (χ2n) is 9.97. The molecule has 5 heteroatoms. The van der Waals surface area contributed by atoms with Crippen molar-refractivity contribution in [2.24, 2.45) is 10.8 Å². The van der Waals surface area contributed by atoms with Gasteiger partial charge in [-0.2, -0.15) is 0 Å². The molecule has 4 rings (SSSR count). The third kappa shape index (κ3) is 4.03. The van der Waals surface area contributed by atoms with Gasteiger partial charge in [-0.05, 0) is 72.6 Å². The van der Waals surface area contributed by atoms with Crippen molar-refractivity contribution in [1.82, 2.24) is 4.90 Å². The van der Waals surface area contributed by atoms with Gasteiger partial charge in [0.05, 0.1) is 0 Å². The summed E-state index contributed by atoms with van der Waals surface area (Å²) in [5.41, 5.74) is 3.11. The zero-order chi connectivity index (χ0) is 19.9. The number of esters is 1. The van der Waals surface area contributed by atoms with Crippen molar-refractivity contribution in [3.8, 4) is 5.75 Å². The molecule has 28 heavy (non-hydrogen) atoms. The smallest absolute Gasteiger partial charge is 0.344 e. The van der Waals surface area contributed by atoms with Gasteiger partial charge < -0.3 is 14.4 Å². The fraction of sp³-hybridized carbons (Fsp3) is 0.652. The minimum atomic E-state index is -0.498. The summed E-state index contributed by atoms with van der Waals surface area (Å²) < 4.78 is 10.8. The molecular formula is C23H31NO4. The standard InChI is InChI=1S/C23H31NO4/c1-22(2)10-18-11-23(3,14-22)15-24(18)20(25)12-28-21(26)13-27-19-8-7-16-5-4-6-17(16)9-19/h7-9,18H,4-6,10-15H2,1-3H3/t18-,23-/m0/s1. The third-order valence-corrected chi connectivity index (χ3v) is 6.52.